The number of piperidine rings is 1. The van der Waals surface area contributed by atoms with Gasteiger partial charge in [0.05, 0.1) is 31.0 Å². The van der Waals surface area contributed by atoms with E-state index in [4.69, 9.17) is 4.74 Å². The van der Waals surface area contributed by atoms with Crippen molar-refractivity contribution in [2.75, 3.05) is 51.7 Å². The highest BCUT2D eigenvalue weighted by molar-refractivity contribution is 5.96. The zero-order chi connectivity index (χ0) is 31.7. The standard InChI is InChI=1S/C32H35F2N7O4/c1-3-19-16-20(4-5-21(19)31(43)39-12-14-40(15-13-39)32(44)23-8-9-35-18-25(23)42)38-29-30-37-17-24(41(30)11-10-36-29)22-6-7-26(45-2)28(34)27(22)33/h4-7,10-11,16-17,23,25,35,42H,3,8-9,12-15,18H2,1-2H3,(H,36,38)/t23-,25-/m1/s1. The molecule has 11 nitrogen and oxygen atoms in total. The van der Waals surface area contributed by atoms with Crippen LogP contribution in [-0.4, -0.2) is 93.6 Å². The SMILES string of the molecule is CCc1cc(Nc2nccn3c(-c4ccc(OC)c(F)c4F)cnc23)ccc1C(=O)N1CCN(C(=O)[C@@H]2CCNC[C@H]2O)CC1. The number of aryl methyl sites for hydroxylation is 1. The summed E-state index contributed by atoms with van der Waals surface area (Å²) in [6.07, 6.45) is 5.12. The van der Waals surface area contributed by atoms with Crippen LogP contribution in [0.5, 0.6) is 5.75 Å². The van der Waals surface area contributed by atoms with Crippen LogP contribution in [0.15, 0.2) is 48.9 Å². The number of hydrogen-bond donors (Lipinski definition) is 3. The van der Waals surface area contributed by atoms with Crippen LogP contribution in [0.25, 0.3) is 16.9 Å². The van der Waals surface area contributed by atoms with Gasteiger partial charge in [-0.1, -0.05) is 6.92 Å². The molecule has 3 N–H and O–H groups in total. The van der Waals surface area contributed by atoms with Crippen molar-refractivity contribution in [3.8, 4) is 17.0 Å². The van der Waals surface area contributed by atoms with Crippen LogP contribution in [0.1, 0.15) is 29.3 Å². The molecule has 0 unspecified atom stereocenters. The van der Waals surface area contributed by atoms with Gasteiger partial charge >= 0.3 is 0 Å². The van der Waals surface area contributed by atoms with Crippen LogP contribution in [0.4, 0.5) is 20.3 Å². The highest BCUT2D eigenvalue weighted by atomic mass is 19.2. The first-order valence-electron chi connectivity index (χ1n) is 15.0. The maximum absolute atomic E-state index is 14.9. The van der Waals surface area contributed by atoms with E-state index in [9.17, 15) is 23.5 Å². The first-order chi connectivity index (χ1) is 21.8. The number of aliphatic hydroxyl groups excluding tert-OH is 1. The Hall–Kier alpha value is -4.62. The number of anilines is 2. The van der Waals surface area contributed by atoms with Crippen molar-refractivity contribution in [3.05, 3.63) is 71.7 Å². The summed E-state index contributed by atoms with van der Waals surface area (Å²) in [6, 6.07) is 8.26. The van der Waals surface area contributed by atoms with Crippen molar-refractivity contribution < 1.29 is 28.2 Å². The van der Waals surface area contributed by atoms with E-state index in [1.807, 2.05) is 13.0 Å². The van der Waals surface area contributed by atoms with Crippen LogP contribution < -0.4 is 15.4 Å². The molecule has 2 fully saturated rings. The fraction of sp³-hybridized carbons (Fsp3) is 0.375. The van der Waals surface area contributed by atoms with E-state index in [1.54, 1.807) is 32.5 Å². The Kier molecular flexibility index (Phi) is 8.63. The van der Waals surface area contributed by atoms with Crippen molar-refractivity contribution in [2.45, 2.75) is 25.9 Å². The van der Waals surface area contributed by atoms with E-state index in [0.717, 1.165) is 5.56 Å². The molecule has 45 heavy (non-hydrogen) atoms. The van der Waals surface area contributed by atoms with Gasteiger partial charge in [0.2, 0.25) is 11.7 Å². The van der Waals surface area contributed by atoms with Crippen LogP contribution in [0.2, 0.25) is 0 Å². The lowest BCUT2D eigenvalue weighted by Gasteiger charge is -2.38. The highest BCUT2D eigenvalue weighted by Gasteiger charge is 2.34. The van der Waals surface area contributed by atoms with Gasteiger partial charge < -0.3 is 30.3 Å². The average molecular weight is 620 g/mol. The minimum atomic E-state index is -1.08. The normalized spacial score (nSPS) is 18.7. The minimum Gasteiger partial charge on any atom is -0.494 e. The van der Waals surface area contributed by atoms with Gasteiger partial charge in [0.25, 0.3) is 5.91 Å². The number of carbonyl (C=O) groups excluding carboxylic acids is 2. The molecule has 236 valence electrons. The van der Waals surface area contributed by atoms with E-state index in [1.165, 1.54) is 31.6 Å². The molecular weight excluding hydrogens is 584 g/mol. The van der Waals surface area contributed by atoms with Crippen LogP contribution >= 0.6 is 0 Å². The number of β-amino-alcohol motifs (C(OH)–C–C–N with tert-alkyl or cyclic N) is 1. The molecule has 2 aromatic heterocycles. The Morgan fingerprint density at radius 2 is 1.87 bits per heavy atom. The number of imidazole rings is 1. The second kappa shape index (κ2) is 12.8. The smallest absolute Gasteiger partial charge is 0.254 e. The summed E-state index contributed by atoms with van der Waals surface area (Å²) >= 11 is 0. The number of hydrogen-bond acceptors (Lipinski definition) is 8. The molecule has 13 heteroatoms. The molecule has 0 spiro atoms. The Labute approximate surface area is 258 Å². The van der Waals surface area contributed by atoms with E-state index < -0.39 is 23.7 Å². The lowest BCUT2D eigenvalue weighted by atomic mass is 9.93. The quantitative estimate of drug-likeness (QED) is 0.288. The third-order valence-corrected chi connectivity index (χ3v) is 8.60. The maximum atomic E-state index is 14.9. The fourth-order valence-electron chi connectivity index (χ4n) is 6.07. The average Bonchev–Trinajstić information content (AvgIpc) is 3.50. The first-order valence-corrected chi connectivity index (χ1v) is 15.0. The summed E-state index contributed by atoms with van der Waals surface area (Å²) in [5.41, 5.74) is 2.90. The zero-order valence-corrected chi connectivity index (χ0v) is 25.1. The number of ether oxygens (including phenoxy) is 1. The molecule has 2 amide bonds. The molecule has 2 aromatic carbocycles. The van der Waals surface area contributed by atoms with E-state index in [-0.39, 0.29) is 23.1 Å². The number of nitrogens with one attached hydrogen (secondary N) is 2. The predicted octanol–water partition coefficient (Wildman–Crippen LogP) is 3.24. The van der Waals surface area contributed by atoms with E-state index in [2.05, 4.69) is 20.6 Å². The van der Waals surface area contributed by atoms with Gasteiger partial charge in [-0.2, -0.15) is 4.39 Å². The number of fused-ring (bicyclic) bond motifs is 1. The molecular formula is C32H35F2N7O4. The van der Waals surface area contributed by atoms with Gasteiger partial charge in [0.1, 0.15) is 0 Å². The third-order valence-electron chi connectivity index (χ3n) is 8.60. The molecule has 4 heterocycles. The monoisotopic (exact) mass is 619 g/mol. The lowest BCUT2D eigenvalue weighted by Crippen LogP contribution is -2.55. The molecule has 2 atom stereocenters. The van der Waals surface area contributed by atoms with Crippen LogP contribution in [0, 0.1) is 17.6 Å². The topological polar surface area (TPSA) is 124 Å². The third kappa shape index (κ3) is 5.80. The molecule has 0 saturated carbocycles. The Morgan fingerprint density at radius 3 is 2.60 bits per heavy atom. The van der Waals surface area contributed by atoms with Crippen molar-refractivity contribution in [1.29, 1.82) is 0 Å². The van der Waals surface area contributed by atoms with Crippen molar-refractivity contribution >= 4 is 29.0 Å². The number of aliphatic hydroxyl groups is 1. The van der Waals surface area contributed by atoms with Gasteiger partial charge in [-0.25, -0.2) is 14.4 Å². The summed E-state index contributed by atoms with van der Waals surface area (Å²) in [5.74, 6) is -2.45. The molecule has 6 rings (SSSR count). The first kappa shape index (κ1) is 30.4. The van der Waals surface area contributed by atoms with Gasteiger partial charge in [0.15, 0.2) is 23.0 Å². The molecule has 2 aliphatic heterocycles. The number of rotatable bonds is 7. The van der Waals surface area contributed by atoms with Gasteiger partial charge in [-0.15, -0.1) is 0 Å². The second-order valence-corrected chi connectivity index (χ2v) is 11.2. The van der Waals surface area contributed by atoms with Crippen molar-refractivity contribution in [3.63, 3.8) is 0 Å². The zero-order valence-electron chi connectivity index (χ0n) is 25.1. The Balaban J connectivity index is 1.17. The number of piperazine rings is 1. The van der Waals surface area contributed by atoms with Crippen LogP contribution in [0.3, 0.4) is 0 Å². The molecule has 2 saturated heterocycles. The second-order valence-electron chi connectivity index (χ2n) is 11.2. The molecule has 4 aromatic rings. The number of nitrogens with zero attached hydrogens (tertiary/aromatic N) is 5. The molecule has 2 aliphatic rings. The number of aromatic nitrogens is 3. The highest BCUT2D eigenvalue weighted by Crippen LogP contribution is 2.32. The van der Waals surface area contributed by atoms with Crippen molar-refractivity contribution in [1.82, 2.24) is 29.5 Å². The van der Waals surface area contributed by atoms with Gasteiger partial charge in [-0.05, 0) is 55.3 Å². The van der Waals surface area contributed by atoms with E-state index >= 15 is 0 Å². The summed E-state index contributed by atoms with van der Waals surface area (Å²) in [5, 5.41) is 16.6. The largest absolute Gasteiger partial charge is 0.494 e. The molecule has 0 aliphatic carbocycles. The number of amides is 2. The fourth-order valence-corrected chi connectivity index (χ4v) is 6.07. The predicted molar refractivity (Wildman–Crippen MR) is 163 cm³/mol. The Morgan fingerprint density at radius 1 is 1.09 bits per heavy atom. The number of benzene rings is 2. The van der Waals surface area contributed by atoms with Crippen LogP contribution in [-0.2, 0) is 11.2 Å². The minimum absolute atomic E-state index is 0.0307. The lowest BCUT2D eigenvalue weighted by molar-refractivity contribution is -0.141. The Bertz CT molecular complexity index is 1740. The summed E-state index contributed by atoms with van der Waals surface area (Å²) in [6.45, 7) is 4.78. The maximum Gasteiger partial charge on any atom is 0.254 e. The number of halogens is 2. The van der Waals surface area contributed by atoms with Gasteiger partial charge in [0, 0.05) is 61.9 Å². The summed E-state index contributed by atoms with van der Waals surface area (Å²) in [4.78, 5) is 38.9. The number of carbonyl (C=O) groups is 2. The molecule has 0 radical (unpaired) electrons. The summed E-state index contributed by atoms with van der Waals surface area (Å²) in [7, 11) is 1.27. The molecule has 0 bridgehead atoms. The summed E-state index contributed by atoms with van der Waals surface area (Å²) < 4.78 is 35.8. The van der Waals surface area contributed by atoms with Crippen molar-refractivity contribution in [2.24, 2.45) is 5.92 Å². The van der Waals surface area contributed by atoms with E-state index in [0.29, 0.717) is 80.5 Å². The van der Waals surface area contributed by atoms with Gasteiger partial charge in [-0.3, -0.25) is 14.0 Å². The number of methoxy groups -OCH3 is 1.